The number of hydrogen-bond acceptors (Lipinski definition) is 3. The predicted octanol–water partition coefficient (Wildman–Crippen LogP) is 1.50. The Bertz CT molecular complexity index is 359. The second-order valence-corrected chi connectivity index (χ2v) is 4.37. The zero-order valence-corrected chi connectivity index (χ0v) is 10.2. The quantitative estimate of drug-likeness (QED) is 0.860. The number of rotatable bonds is 4. The maximum absolute atomic E-state index is 13.3. The van der Waals surface area contributed by atoms with Crippen LogP contribution in [-0.4, -0.2) is 43.7 Å². The fourth-order valence-corrected chi connectivity index (χ4v) is 2.05. The Balaban J connectivity index is 1.77. The molecule has 0 aromatic heterocycles. The second-order valence-electron chi connectivity index (χ2n) is 4.37. The number of nitrogens with zero attached hydrogens (tertiary/aromatic N) is 1. The van der Waals surface area contributed by atoms with Crippen LogP contribution in [-0.2, 0) is 0 Å². The number of para-hydroxylation sites is 1. The van der Waals surface area contributed by atoms with E-state index in [9.17, 15) is 4.39 Å². The number of ether oxygens (including phenoxy) is 1. The number of hydrogen-bond donors (Lipinski definition) is 1. The van der Waals surface area contributed by atoms with E-state index in [1.165, 1.54) is 6.07 Å². The van der Waals surface area contributed by atoms with E-state index in [1.54, 1.807) is 18.2 Å². The lowest BCUT2D eigenvalue weighted by Crippen LogP contribution is -2.50. The molecule has 1 aromatic carbocycles. The van der Waals surface area contributed by atoms with Crippen molar-refractivity contribution in [1.29, 1.82) is 0 Å². The van der Waals surface area contributed by atoms with Gasteiger partial charge in [-0.2, -0.15) is 0 Å². The molecule has 1 heterocycles. The maximum Gasteiger partial charge on any atom is 0.165 e. The second kappa shape index (κ2) is 5.98. The van der Waals surface area contributed by atoms with Gasteiger partial charge in [-0.25, -0.2) is 4.39 Å². The minimum Gasteiger partial charge on any atom is -0.489 e. The third-order valence-electron chi connectivity index (χ3n) is 3.11. The van der Waals surface area contributed by atoms with Crippen LogP contribution in [0.3, 0.4) is 0 Å². The minimum absolute atomic E-state index is 0.291. The first kappa shape index (κ1) is 12.3. The molecule has 0 unspecified atom stereocenters. The van der Waals surface area contributed by atoms with E-state index in [1.807, 2.05) is 0 Å². The first-order valence-electron chi connectivity index (χ1n) is 6.09. The molecule has 0 bridgehead atoms. The van der Waals surface area contributed by atoms with Gasteiger partial charge in [-0.15, -0.1) is 0 Å². The van der Waals surface area contributed by atoms with Crippen molar-refractivity contribution in [2.45, 2.75) is 13.0 Å². The molecule has 4 heteroatoms. The van der Waals surface area contributed by atoms with Crippen LogP contribution in [0.15, 0.2) is 24.3 Å². The fourth-order valence-electron chi connectivity index (χ4n) is 2.05. The summed E-state index contributed by atoms with van der Waals surface area (Å²) in [6.45, 7) is 6.63. The van der Waals surface area contributed by atoms with E-state index >= 15 is 0 Å². The molecule has 1 saturated heterocycles. The summed E-state index contributed by atoms with van der Waals surface area (Å²) in [5, 5.41) is 3.34. The largest absolute Gasteiger partial charge is 0.489 e. The summed E-state index contributed by atoms with van der Waals surface area (Å²) >= 11 is 0. The lowest BCUT2D eigenvalue weighted by Gasteiger charge is -2.33. The highest BCUT2D eigenvalue weighted by atomic mass is 19.1. The van der Waals surface area contributed by atoms with Crippen molar-refractivity contribution in [2.75, 3.05) is 32.8 Å². The van der Waals surface area contributed by atoms with Crippen molar-refractivity contribution in [1.82, 2.24) is 10.2 Å². The van der Waals surface area contributed by atoms with Crippen LogP contribution in [0.1, 0.15) is 6.92 Å². The van der Waals surface area contributed by atoms with E-state index in [2.05, 4.69) is 17.1 Å². The van der Waals surface area contributed by atoms with Crippen LogP contribution in [0.25, 0.3) is 0 Å². The Morgan fingerprint density at radius 2 is 2.29 bits per heavy atom. The summed E-state index contributed by atoms with van der Waals surface area (Å²) in [5.41, 5.74) is 0. The Morgan fingerprint density at radius 3 is 3.06 bits per heavy atom. The lowest BCUT2D eigenvalue weighted by molar-refractivity contribution is 0.142. The van der Waals surface area contributed by atoms with E-state index in [0.717, 1.165) is 26.2 Å². The Labute approximate surface area is 102 Å². The topological polar surface area (TPSA) is 24.5 Å². The van der Waals surface area contributed by atoms with Gasteiger partial charge in [0, 0.05) is 32.2 Å². The first-order chi connectivity index (χ1) is 8.27. The molecule has 17 heavy (non-hydrogen) atoms. The Kier molecular flexibility index (Phi) is 4.34. The number of nitrogens with one attached hydrogen (secondary N) is 1. The van der Waals surface area contributed by atoms with Gasteiger partial charge in [0.2, 0.25) is 0 Å². The highest BCUT2D eigenvalue weighted by molar-refractivity contribution is 5.23. The van der Waals surface area contributed by atoms with Crippen LogP contribution in [0.4, 0.5) is 4.39 Å². The predicted molar refractivity (Wildman–Crippen MR) is 65.8 cm³/mol. The summed E-state index contributed by atoms with van der Waals surface area (Å²) in [6, 6.07) is 7.05. The standard InChI is InChI=1S/C13H19FN2O/c1-11-10-15-6-7-16(11)8-9-17-13-5-3-2-4-12(13)14/h2-5,11,15H,6-10H2,1H3/t11-/m1/s1. The molecule has 1 atom stereocenters. The van der Waals surface area contributed by atoms with Gasteiger partial charge in [0.05, 0.1) is 0 Å². The molecule has 3 nitrogen and oxygen atoms in total. The third kappa shape index (κ3) is 3.41. The molecule has 1 fully saturated rings. The van der Waals surface area contributed by atoms with Gasteiger partial charge in [-0.1, -0.05) is 12.1 Å². The average Bonchev–Trinajstić information content (AvgIpc) is 2.34. The van der Waals surface area contributed by atoms with Gasteiger partial charge in [0.1, 0.15) is 6.61 Å². The van der Waals surface area contributed by atoms with Crippen LogP contribution in [0, 0.1) is 5.82 Å². The van der Waals surface area contributed by atoms with Crippen molar-refractivity contribution in [3.63, 3.8) is 0 Å². The maximum atomic E-state index is 13.3. The van der Waals surface area contributed by atoms with Gasteiger partial charge in [-0.05, 0) is 19.1 Å². The van der Waals surface area contributed by atoms with Gasteiger partial charge in [-0.3, -0.25) is 4.90 Å². The van der Waals surface area contributed by atoms with Crippen LogP contribution >= 0.6 is 0 Å². The normalized spacial score (nSPS) is 21.4. The smallest absolute Gasteiger partial charge is 0.165 e. The van der Waals surface area contributed by atoms with Crippen LogP contribution in [0.5, 0.6) is 5.75 Å². The molecule has 0 radical (unpaired) electrons. The Morgan fingerprint density at radius 1 is 1.47 bits per heavy atom. The molecule has 1 aliphatic rings. The summed E-state index contributed by atoms with van der Waals surface area (Å²) in [5.74, 6) is 0.0520. The molecular weight excluding hydrogens is 219 g/mol. The fraction of sp³-hybridized carbons (Fsp3) is 0.538. The van der Waals surface area contributed by atoms with Crippen LogP contribution < -0.4 is 10.1 Å². The summed E-state index contributed by atoms with van der Waals surface area (Å²) in [7, 11) is 0. The van der Waals surface area contributed by atoms with Crippen molar-refractivity contribution < 1.29 is 9.13 Å². The van der Waals surface area contributed by atoms with E-state index < -0.39 is 0 Å². The van der Waals surface area contributed by atoms with Crippen molar-refractivity contribution in [2.24, 2.45) is 0 Å². The summed E-state index contributed by atoms with van der Waals surface area (Å²) in [4.78, 5) is 2.36. The minimum atomic E-state index is -0.291. The average molecular weight is 238 g/mol. The van der Waals surface area contributed by atoms with Crippen LogP contribution in [0.2, 0.25) is 0 Å². The Hall–Kier alpha value is -1.13. The van der Waals surface area contributed by atoms with Crippen molar-refractivity contribution in [3.05, 3.63) is 30.1 Å². The molecule has 0 aliphatic carbocycles. The van der Waals surface area contributed by atoms with E-state index in [0.29, 0.717) is 18.4 Å². The molecule has 1 N–H and O–H groups in total. The van der Waals surface area contributed by atoms with Gasteiger partial charge >= 0.3 is 0 Å². The molecule has 0 amide bonds. The summed E-state index contributed by atoms with van der Waals surface area (Å²) in [6.07, 6.45) is 0. The SMILES string of the molecule is C[C@@H]1CNCCN1CCOc1ccccc1F. The van der Waals surface area contributed by atoms with Gasteiger partial charge in [0.15, 0.2) is 11.6 Å². The zero-order valence-electron chi connectivity index (χ0n) is 10.2. The van der Waals surface area contributed by atoms with Crippen molar-refractivity contribution in [3.8, 4) is 5.75 Å². The summed E-state index contributed by atoms with van der Waals surface area (Å²) < 4.78 is 18.7. The highest BCUT2D eigenvalue weighted by Crippen LogP contribution is 2.15. The highest BCUT2D eigenvalue weighted by Gasteiger charge is 2.17. The molecule has 1 aromatic rings. The molecule has 0 saturated carbocycles. The number of piperazine rings is 1. The number of halogens is 1. The molecular formula is C13H19FN2O. The van der Waals surface area contributed by atoms with Crippen molar-refractivity contribution >= 4 is 0 Å². The monoisotopic (exact) mass is 238 g/mol. The first-order valence-corrected chi connectivity index (χ1v) is 6.09. The van der Waals surface area contributed by atoms with Gasteiger partial charge < -0.3 is 10.1 Å². The molecule has 2 rings (SSSR count). The molecule has 1 aliphatic heterocycles. The van der Waals surface area contributed by atoms with E-state index in [4.69, 9.17) is 4.74 Å². The zero-order chi connectivity index (χ0) is 12.1. The van der Waals surface area contributed by atoms with Gasteiger partial charge in [0.25, 0.3) is 0 Å². The van der Waals surface area contributed by atoms with E-state index in [-0.39, 0.29) is 5.82 Å². The molecule has 94 valence electrons. The lowest BCUT2D eigenvalue weighted by atomic mass is 10.2. The number of benzene rings is 1. The molecule has 0 spiro atoms. The third-order valence-corrected chi connectivity index (χ3v) is 3.11.